The second kappa shape index (κ2) is 8.45. The molecular weight excluding hydrogens is 411 g/mol. The van der Waals surface area contributed by atoms with Crippen LogP contribution in [0, 0.1) is 11.7 Å². The van der Waals surface area contributed by atoms with Crippen LogP contribution in [0.2, 0.25) is 0 Å². The van der Waals surface area contributed by atoms with E-state index in [1.807, 2.05) is 29.2 Å². The van der Waals surface area contributed by atoms with Gasteiger partial charge >= 0.3 is 0 Å². The van der Waals surface area contributed by atoms with Gasteiger partial charge in [0.25, 0.3) is 0 Å². The van der Waals surface area contributed by atoms with Crippen molar-refractivity contribution >= 4 is 33.4 Å². The minimum atomic E-state index is -3.67. The molecule has 2 heterocycles. The summed E-state index contributed by atoms with van der Waals surface area (Å²) in [7, 11) is -3.67. The third-order valence-corrected chi connectivity index (χ3v) is 8.52. The fraction of sp³-hybridized carbons (Fsp3) is 0.381. The molecule has 8 heteroatoms. The summed E-state index contributed by atoms with van der Waals surface area (Å²) >= 11 is 1.77. The molecule has 2 aliphatic rings. The van der Waals surface area contributed by atoms with Gasteiger partial charge in [-0.1, -0.05) is 12.1 Å². The minimum absolute atomic E-state index is 0.0822. The number of nitrogens with zero attached hydrogens (tertiary/aromatic N) is 2. The molecule has 1 amide bonds. The molecule has 0 spiro atoms. The molecule has 5 nitrogen and oxygen atoms in total. The number of fused-ring (bicyclic) bond motifs is 1. The van der Waals surface area contributed by atoms with Crippen molar-refractivity contribution < 1.29 is 17.6 Å². The number of piperidine rings is 1. The van der Waals surface area contributed by atoms with E-state index in [1.165, 1.54) is 16.4 Å². The Morgan fingerprint density at radius 1 is 1.00 bits per heavy atom. The Kier molecular flexibility index (Phi) is 5.94. The first-order chi connectivity index (χ1) is 14.0. The summed E-state index contributed by atoms with van der Waals surface area (Å²) in [5.74, 6) is 0.406. The first-order valence-electron chi connectivity index (χ1n) is 9.76. The molecule has 2 aliphatic heterocycles. The monoisotopic (exact) mass is 434 g/mol. The summed E-state index contributed by atoms with van der Waals surface area (Å²) in [6.45, 7) is 1.28. The van der Waals surface area contributed by atoms with E-state index < -0.39 is 15.8 Å². The van der Waals surface area contributed by atoms with Crippen LogP contribution in [0.25, 0.3) is 0 Å². The lowest BCUT2D eigenvalue weighted by molar-refractivity contribution is -0.123. The maximum atomic E-state index is 13.2. The molecule has 0 N–H and O–H groups in total. The highest BCUT2D eigenvalue weighted by Crippen LogP contribution is 2.35. The molecular formula is C21H23FN2O3S2. The van der Waals surface area contributed by atoms with Gasteiger partial charge in [-0.15, -0.1) is 11.8 Å². The molecule has 2 aromatic carbocycles. The van der Waals surface area contributed by atoms with Crippen LogP contribution in [0.5, 0.6) is 0 Å². The fourth-order valence-electron chi connectivity index (χ4n) is 3.88. The van der Waals surface area contributed by atoms with E-state index in [1.54, 1.807) is 11.8 Å². The van der Waals surface area contributed by atoms with E-state index in [2.05, 4.69) is 0 Å². The number of rotatable bonds is 3. The summed E-state index contributed by atoms with van der Waals surface area (Å²) in [6.07, 6.45) is 1.92. The summed E-state index contributed by atoms with van der Waals surface area (Å²) < 4.78 is 40.1. The van der Waals surface area contributed by atoms with E-state index in [0.29, 0.717) is 32.5 Å². The third-order valence-electron chi connectivity index (χ3n) is 5.46. The second-order valence-electron chi connectivity index (χ2n) is 7.29. The zero-order valence-corrected chi connectivity index (χ0v) is 17.6. The van der Waals surface area contributed by atoms with Crippen molar-refractivity contribution in [1.82, 2.24) is 4.31 Å². The summed E-state index contributed by atoms with van der Waals surface area (Å²) in [6, 6.07) is 12.8. The van der Waals surface area contributed by atoms with Crippen molar-refractivity contribution in [2.75, 3.05) is 30.3 Å². The maximum absolute atomic E-state index is 13.2. The number of sulfonamides is 1. The van der Waals surface area contributed by atoms with Crippen LogP contribution in [0.4, 0.5) is 10.1 Å². The van der Waals surface area contributed by atoms with Crippen LogP contribution in [0.15, 0.2) is 58.3 Å². The molecule has 0 saturated carbocycles. The number of carbonyl (C=O) groups excluding carboxylic acids is 1. The van der Waals surface area contributed by atoms with E-state index in [-0.39, 0.29) is 16.7 Å². The van der Waals surface area contributed by atoms with E-state index in [4.69, 9.17) is 0 Å². The Hall–Kier alpha value is -1.90. The summed E-state index contributed by atoms with van der Waals surface area (Å²) in [5.41, 5.74) is 0.960. The number of hydrogen-bond donors (Lipinski definition) is 0. The van der Waals surface area contributed by atoms with Crippen molar-refractivity contribution in [2.24, 2.45) is 5.92 Å². The predicted molar refractivity (Wildman–Crippen MR) is 112 cm³/mol. The van der Waals surface area contributed by atoms with E-state index in [0.717, 1.165) is 34.9 Å². The Balaban J connectivity index is 1.46. The van der Waals surface area contributed by atoms with Crippen molar-refractivity contribution in [2.45, 2.75) is 29.1 Å². The van der Waals surface area contributed by atoms with Crippen LogP contribution in [0.3, 0.4) is 0 Å². The Morgan fingerprint density at radius 2 is 1.69 bits per heavy atom. The molecule has 0 aromatic heterocycles. The SMILES string of the molecule is O=C(C1CCN(S(=O)(=O)c2ccc(F)cc2)CC1)N1CCCSc2ccccc21. The number of carbonyl (C=O) groups is 1. The summed E-state index contributed by atoms with van der Waals surface area (Å²) in [5, 5.41) is 0. The zero-order chi connectivity index (χ0) is 20.4. The van der Waals surface area contributed by atoms with Gasteiger partial charge in [0.05, 0.1) is 10.6 Å². The molecule has 2 aromatic rings. The molecule has 1 saturated heterocycles. The van der Waals surface area contributed by atoms with Crippen molar-refractivity contribution in [3.63, 3.8) is 0 Å². The summed E-state index contributed by atoms with van der Waals surface area (Å²) in [4.78, 5) is 16.3. The van der Waals surface area contributed by atoms with Crippen LogP contribution in [0.1, 0.15) is 19.3 Å². The largest absolute Gasteiger partial charge is 0.311 e. The molecule has 0 unspecified atom stereocenters. The standard InChI is InChI=1S/C21H23FN2O3S2/c22-17-6-8-18(9-7-17)29(26,27)23-13-10-16(11-14-23)21(25)24-12-3-15-28-20-5-2-1-4-19(20)24/h1-2,4-9,16H,3,10-15H2. The third kappa shape index (κ3) is 4.20. The number of halogens is 1. The Morgan fingerprint density at radius 3 is 2.41 bits per heavy atom. The van der Waals surface area contributed by atoms with Crippen LogP contribution in [-0.2, 0) is 14.8 Å². The van der Waals surface area contributed by atoms with Crippen LogP contribution in [-0.4, -0.2) is 44.0 Å². The van der Waals surface area contributed by atoms with Crippen molar-refractivity contribution in [1.29, 1.82) is 0 Å². The topological polar surface area (TPSA) is 57.7 Å². The molecule has 154 valence electrons. The lowest BCUT2D eigenvalue weighted by Crippen LogP contribution is -2.44. The van der Waals surface area contributed by atoms with E-state index >= 15 is 0 Å². The first kappa shape index (κ1) is 20.4. The van der Waals surface area contributed by atoms with Gasteiger partial charge in [0.15, 0.2) is 0 Å². The Labute approximate surface area is 174 Å². The van der Waals surface area contributed by atoms with Crippen LogP contribution < -0.4 is 4.90 Å². The van der Waals surface area contributed by atoms with Gasteiger partial charge in [0.2, 0.25) is 15.9 Å². The number of para-hydroxylation sites is 1. The fourth-order valence-corrected chi connectivity index (χ4v) is 6.34. The number of amides is 1. The number of anilines is 1. The number of thioether (sulfide) groups is 1. The van der Waals surface area contributed by atoms with Gasteiger partial charge in [-0.25, -0.2) is 12.8 Å². The average molecular weight is 435 g/mol. The lowest BCUT2D eigenvalue weighted by Gasteiger charge is -2.33. The lowest BCUT2D eigenvalue weighted by atomic mass is 9.96. The molecule has 0 bridgehead atoms. The van der Waals surface area contributed by atoms with Gasteiger partial charge in [0.1, 0.15) is 5.82 Å². The minimum Gasteiger partial charge on any atom is -0.311 e. The molecule has 0 atom stereocenters. The quantitative estimate of drug-likeness (QED) is 0.738. The predicted octanol–water partition coefficient (Wildman–Crippen LogP) is 3.76. The average Bonchev–Trinajstić information content (AvgIpc) is 2.96. The van der Waals surface area contributed by atoms with Gasteiger partial charge in [-0.2, -0.15) is 4.31 Å². The van der Waals surface area contributed by atoms with E-state index in [9.17, 15) is 17.6 Å². The first-order valence-corrected chi connectivity index (χ1v) is 12.2. The number of hydrogen-bond acceptors (Lipinski definition) is 4. The highest BCUT2D eigenvalue weighted by Gasteiger charge is 2.35. The molecule has 4 rings (SSSR count). The highest BCUT2D eigenvalue weighted by atomic mass is 32.2. The smallest absolute Gasteiger partial charge is 0.243 e. The highest BCUT2D eigenvalue weighted by molar-refractivity contribution is 7.99. The van der Waals surface area contributed by atoms with Gasteiger partial charge in [-0.05, 0) is 61.4 Å². The van der Waals surface area contributed by atoms with Gasteiger partial charge < -0.3 is 4.90 Å². The molecule has 0 radical (unpaired) electrons. The maximum Gasteiger partial charge on any atom is 0.243 e. The van der Waals surface area contributed by atoms with Gasteiger partial charge in [-0.3, -0.25) is 4.79 Å². The zero-order valence-electron chi connectivity index (χ0n) is 16.0. The molecule has 1 fully saturated rings. The molecule has 0 aliphatic carbocycles. The van der Waals surface area contributed by atoms with Gasteiger partial charge in [0, 0.05) is 30.4 Å². The number of benzene rings is 2. The van der Waals surface area contributed by atoms with Crippen molar-refractivity contribution in [3.05, 3.63) is 54.3 Å². The Bertz CT molecular complexity index is 987. The van der Waals surface area contributed by atoms with Crippen molar-refractivity contribution in [3.8, 4) is 0 Å². The van der Waals surface area contributed by atoms with Crippen LogP contribution >= 0.6 is 11.8 Å². The molecule has 29 heavy (non-hydrogen) atoms. The normalized spacial score (nSPS) is 18.9. The second-order valence-corrected chi connectivity index (χ2v) is 10.4.